The second-order valence-corrected chi connectivity index (χ2v) is 7.55. The standard InChI is InChI=1S/C18H24ClN3O2/c1-12(2)15-7-8-16(17(23)13-3-5-14(19)6-4-13)18(15,24)9-22-11-20-10-21-22/h3-6,10-12,15-17,23-24H,7-9H2,1-2H3/t15-,16+,17+,18+/m0/s1. The summed E-state index contributed by atoms with van der Waals surface area (Å²) in [5.41, 5.74) is -0.244. The molecule has 2 N–H and O–H groups in total. The zero-order chi connectivity index (χ0) is 17.3. The van der Waals surface area contributed by atoms with E-state index in [9.17, 15) is 10.2 Å². The van der Waals surface area contributed by atoms with E-state index in [1.807, 2.05) is 12.1 Å². The zero-order valence-electron chi connectivity index (χ0n) is 14.0. The first-order valence-corrected chi connectivity index (χ1v) is 8.78. The van der Waals surface area contributed by atoms with Crippen LogP contribution < -0.4 is 0 Å². The summed E-state index contributed by atoms with van der Waals surface area (Å²) in [6, 6.07) is 7.19. The molecule has 24 heavy (non-hydrogen) atoms. The largest absolute Gasteiger partial charge is 0.388 e. The summed E-state index contributed by atoms with van der Waals surface area (Å²) >= 11 is 5.94. The predicted molar refractivity (Wildman–Crippen MR) is 92.4 cm³/mol. The van der Waals surface area contributed by atoms with Crippen LogP contribution in [0.15, 0.2) is 36.9 Å². The maximum atomic E-state index is 11.6. The van der Waals surface area contributed by atoms with Crippen LogP contribution in [0.25, 0.3) is 0 Å². The van der Waals surface area contributed by atoms with E-state index in [-0.39, 0.29) is 11.8 Å². The van der Waals surface area contributed by atoms with Gasteiger partial charge in [0.05, 0.1) is 18.2 Å². The third-order valence-electron chi connectivity index (χ3n) is 5.35. The molecule has 1 fully saturated rings. The molecule has 5 nitrogen and oxygen atoms in total. The minimum Gasteiger partial charge on any atom is -0.388 e. The van der Waals surface area contributed by atoms with E-state index in [4.69, 9.17) is 11.6 Å². The maximum Gasteiger partial charge on any atom is 0.137 e. The molecular weight excluding hydrogens is 326 g/mol. The highest BCUT2D eigenvalue weighted by Gasteiger charge is 2.53. The predicted octanol–water partition coefficient (Wildman–Crippen LogP) is 3.08. The van der Waals surface area contributed by atoms with Gasteiger partial charge in [-0.25, -0.2) is 4.98 Å². The molecule has 1 aliphatic rings. The van der Waals surface area contributed by atoms with E-state index in [0.29, 0.717) is 17.5 Å². The molecule has 130 valence electrons. The molecule has 1 saturated carbocycles. The number of aliphatic hydroxyl groups is 2. The normalized spacial score (nSPS) is 28.4. The van der Waals surface area contributed by atoms with Gasteiger partial charge >= 0.3 is 0 Å². The number of nitrogens with zero attached hydrogens (tertiary/aromatic N) is 3. The van der Waals surface area contributed by atoms with Crippen LogP contribution in [0.4, 0.5) is 0 Å². The van der Waals surface area contributed by atoms with Crippen LogP contribution in [0.3, 0.4) is 0 Å². The minimum absolute atomic E-state index is 0.105. The second-order valence-electron chi connectivity index (χ2n) is 7.12. The first-order valence-electron chi connectivity index (χ1n) is 8.40. The van der Waals surface area contributed by atoms with Crippen molar-refractivity contribution in [3.8, 4) is 0 Å². The first-order chi connectivity index (χ1) is 11.4. The van der Waals surface area contributed by atoms with Crippen molar-refractivity contribution in [2.24, 2.45) is 17.8 Å². The fraction of sp³-hybridized carbons (Fsp3) is 0.556. The van der Waals surface area contributed by atoms with Crippen molar-refractivity contribution in [3.05, 3.63) is 47.5 Å². The summed E-state index contributed by atoms with van der Waals surface area (Å²) in [6.45, 7) is 4.58. The number of aliphatic hydroxyl groups excluding tert-OH is 1. The van der Waals surface area contributed by atoms with Gasteiger partial charge < -0.3 is 10.2 Å². The van der Waals surface area contributed by atoms with Crippen molar-refractivity contribution in [2.75, 3.05) is 0 Å². The van der Waals surface area contributed by atoms with Gasteiger partial charge in [0.2, 0.25) is 0 Å². The Morgan fingerprint density at radius 2 is 1.92 bits per heavy atom. The van der Waals surface area contributed by atoms with Crippen molar-refractivity contribution in [3.63, 3.8) is 0 Å². The summed E-state index contributed by atoms with van der Waals surface area (Å²) < 4.78 is 1.66. The Bertz CT molecular complexity index is 659. The third kappa shape index (κ3) is 3.21. The Labute approximate surface area is 147 Å². The monoisotopic (exact) mass is 349 g/mol. The zero-order valence-corrected chi connectivity index (χ0v) is 14.8. The number of rotatable bonds is 5. The third-order valence-corrected chi connectivity index (χ3v) is 5.60. The van der Waals surface area contributed by atoms with Gasteiger partial charge in [-0.3, -0.25) is 4.68 Å². The van der Waals surface area contributed by atoms with Gasteiger partial charge in [0, 0.05) is 10.9 Å². The van der Waals surface area contributed by atoms with E-state index in [1.165, 1.54) is 6.33 Å². The van der Waals surface area contributed by atoms with Crippen LogP contribution in [0.1, 0.15) is 38.4 Å². The molecule has 1 aliphatic carbocycles. The highest BCUT2D eigenvalue weighted by molar-refractivity contribution is 6.30. The van der Waals surface area contributed by atoms with Crippen LogP contribution in [0.5, 0.6) is 0 Å². The lowest BCUT2D eigenvalue weighted by atomic mass is 9.75. The average Bonchev–Trinajstić information content (AvgIpc) is 3.15. The van der Waals surface area contributed by atoms with Crippen molar-refractivity contribution in [2.45, 2.75) is 44.9 Å². The van der Waals surface area contributed by atoms with Crippen molar-refractivity contribution in [1.29, 1.82) is 0 Å². The summed E-state index contributed by atoms with van der Waals surface area (Å²) in [7, 11) is 0. The van der Waals surface area contributed by atoms with E-state index in [0.717, 1.165) is 18.4 Å². The molecule has 6 heteroatoms. The minimum atomic E-state index is -1.03. The van der Waals surface area contributed by atoms with Crippen LogP contribution in [0, 0.1) is 17.8 Å². The molecule has 3 rings (SSSR count). The number of aromatic nitrogens is 3. The Balaban J connectivity index is 1.91. The van der Waals surface area contributed by atoms with Gasteiger partial charge in [-0.1, -0.05) is 37.6 Å². The lowest BCUT2D eigenvalue weighted by Gasteiger charge is -2.39. The van der Waals surface area contributed by atoms with Crippen LogP contribution in [-0.2, 0) is 6.54 Å². The summed E-state index contributed by atoms with van der Waals surface area (Å²) in [5.74, 6) is 0.171. The molecule has 0 saturated heterocycles. The van der Waals surface area contributed by atoms with E-state index >= 15 is 0 Å². The molecule has 1 aromatic heterocycles. The van der Waals surface area contributed by atoms with Gasteiger partial charge in [0.1, 0.15) is 12.7 Å². The molecule has 0 spiro atoms. The number of halogens is 1. The number of hydrogen-bond donors (Lipinski definition) is 2. The van der Waals surface area contributed by atoms with Crippen LogP contribution >= 0.6 is 11.6 Å². The first kappa shape index (κ1) is 17.4. The van der Waals surface area contributed by atoms with Crippen molar-refractivity contribution >= 4 is 11.6 Å². The van der Waals surface area contributed by atoms with E-state index in [1.54, 1.807) is 23.1 Å². The van der Waals surface area contributed by atoms with Gasteiger partial charge in [-0.2, -0.15) is 5.10 Å². The van der Waals surface area contributed by atoms with Gasteiger partial charge in [0.15, 0.2) is 0 Å². The molecule has 4 atom stereocenters. The highest BCUT2D eigenvalue weighted by atomic mass is 35.5. The average molecular weight is 350 g/mol. The smallest absolute Gasteiger partial charge is 0.137 e. The number of hydrogen-bond acceptors (Lipinski definition) is 4. The highest BCUT2D eigenvalue weighted by Crippen LogP contribution is 2.50. The molecule has 0 unspecified atom stereocenters. The van der Waals surface area contributed by atoms with Crippen LogP contribution in [0.2, 0.25) is 5.02 Å². The lowest BCUT2D eigenvalue weighted by molar-refractivity contribution is -0.102. The molecule has 2 aromatic rings. The van der Waals surface area contributed by atoms with E-state index in [2.05, 4.69) is 23.9 Å². The molecular formula is C18H24ClN3O2. The molecule has 1 heterocycles. The van der Waals surface area contributed by atoms with Crippen molar-refractivity contribution < 1.29 is 10.2 Å². The molecule has 0 aliphatic heterocycles. The molecule has 0 radical (unpaired) electrons. The number of benzene rings is 1. The van der Waals surface area contributed by atoms with Crippen LogP contribution in [-0.4, -0.2) is 30.6 Å². The molecule has 0 bridgehead atoms. The van der Waals surface area contributed by atoms with Gasteiger partial charge in [0.25, 0.3) is 0 Å². The topological polar surface area (TPSA) is 71.2 Å². The summed E-state index contributed by atoms with van der Waals surface area (Å²) in [5, 5.41) is 27.3. The molecule has 1 aromatic carbocycles. The maximum absolute atomic E-state index is 11.6. The van der Waals surface area contributed by atoms with Gasteiger partial charge in [-0.15, -0.1) is 0 Å². The SMILES string of the molecule is CC(C)[C@@H]1CC[C@H]([C@H](O)c2ccc(Cl)cc2)[C@@]1(O)Cn1cncn1. The van der Waals surface area contributed by atoms with Gasteiger partial charge in [-0.05, 0) is 42.4 Å². The molecule has 0 amide bonds. The summed E-state index contributed by atoms with van der Waals surface area (Å²) in [4.78, 5) is 3.97. The lowest BCUT2D eigenvalue weighted by Crippen LogP contribution is -2.47. The van der Waals surface area contributed by atoms with Crippen molar-refractivity contribution in [1.82, 2.24) is 14.8 Å². The fourth-order valence-corrected chi connectivity index (χ4v) is 4.30. The summed E-state index contributed by atoms with van der Waals surface area (Å²) in [6.07, 6.45) is 4.00. The Hall–Kier alpha value is -1.43. The van der Waals surface area contributed by atoms with E-state index < -0.39 is 11.7 Å². The Kier molecular flexibility index (Phi) is 4.95. The quantitative estimate of drug-likeness (QED) is 0.870. The second kappa shape index (κ2) is 6.82. The fourth-order valence-electron chi connectivity index (χ4n) is 4.18. The Morgan fingerprint density at radius 3 is 2.50 bits per heavy atom. The Morgan fingerprint density at radius 1 is 1.25 bits per heavy atom.